The van der Waals surface area contributed by atoms with Crippen LogP contribution in [0.4, 0.5) is 0 Å². The summed E-state index contributed by atoms with van der Waals surface area (Å²) in [4.78, 5) is 8.63. The number of rotatable bonds is 4. The molecule has 0 aliphatic heterocycles. The average Bonchev–Trinajstić information content (AvgIpc) is 3.18. The SMILES string of the molecule is [2H]c1cnc(-n2c3[c-]c(-c4[c-]c(Oc5ccccn5)ccc4)ccc3c3ccccc32)c([2H])c1.[Pt+2]. The third-order valence-electron chi connectivity index (χ3n) is 5.25. The number of hydrogen-bond donors (Lipinski definition) is 0. The molecule has 160 valence electrons. The van der Waals surface area contributed by atoms with Crippen molar-refractivity contribution < 1.29 is 28.5 Å². The average molecular weight is 609 g/mol. The van der Waals surface area contributed by atoms with Crippen molar-refractivity contribution in [1.82, 2.24) is 14.5 Å². The summed E-state index contributed by atoms with van der Waals surface area (Å²) < 4.78 is 24.0. The summed E-state index contributed by atoms with van der Waals surface area (Å²) in [5.41, 5.74) is 3.40. The van der Waals surface area contributed by atoms with Gasteiger partial charge in [0, 0.05) is 29.7 Å². The van der Waals surface area contributed by atoms with Gasteiger partial charge in [0.25, 0.3) is 0 Å². The van der Waals surface area contributed by atoms with E-state index in [0.29, 0.717) is 17.4 Å². The topological polar surface area (TPSA) is 39.9 Å². The maximum atomic E-state index is 8.45. The van der Waals surface area contributed by atoms with E-state index in [2.05, 4.69) is 34.2 Å². The standard InChI is InChI=1S/C28H17N3O.Pt/c1-2-11-25-23(10-1)24-15-14-21(19-26(24)31(25)27-12-3-5-16-29-27)20-8-7-9-22(18-20)32-28-13-4-6-17-30-28;/h1-17H;/q-2;+2/i5D,12D;. The number of aromatic nitrogens is 3. The van der Waals surface area contributed by atoms with Crippen molar-refractivity contribution in [3.63, 3.8) is 0 Å². The Labute approximate surface area is 208 Å². The Morgan fingerprint density at radius 2 is 1.64 bits per heavy atom. The molecular weight excluding hydrogens is 589 g/mol. The molecule has 0 unspecified atom stereocenters. The minimum Gasteiger partial charge on any atom is -0.460 e. The first-order chi connectivity index (χ1) is 16.7. The molecule has 3 heterocycles. The summed E-state index contributed by atoms with van der Waals surface area (Å²) in [6, 6.07) is 32.0. The van der Waals surface area contributed by atoms with E-state index in [1.807, 2.05) is 59.2 Å². The predicted molar refractivity (Wildman–Crippen MR) is 126 cm³/mol. The summed E-state index contributed by atoms with van der Waals surface area (Å²) in [7, 11) is 0. The monoisotopic (exact) mass is 608 g/mol. The molecule has 0 atom stereocenters. The minimum atomic E-state index is 0. The molecule has 5 heteroatoms. The molecule has 3 aromatic carbocycles. The Kier molecular flexibility index (Phi) is 5.13. The molecule has 0 aliphatic carbocycles. The van der Waals surface area contributed by atoms with Crippen molar-refractivity contribution in [2.75, 3.05) is 0 Å². The summed E-state index contributed by atoms with van der Waals surface area (Å²) in [5, 5.41) is 2.06. The number of fused-ring (bicyclic) bond motifs is 3. The van der Waals surface area contributed by atoms with Gasteiger partial charge in [0.05, 0.1) is 2.74 Å². The number of pyridine rings is 2. The second-order valence-corrected chi connectivity index (χ2v) is 7.22. The van der Waals surface area contributed by atoms with Crippen LogP contribution in [0.3, 0.4) is 0 Å². The van der Waals surface area contributed by atoms with E-state index in [0.717, 1.165) is 32.9 Å². The van der Waals surface area contributed by atoms with Crippen LogP contribution in [0.15, 0.2) is 103 Å². The Morgan fingerprint density at radius 3 is 2.52 bits per heavy atom. The van der Waals surface area contributed by atoms with Gasteiger partial charge < -0.3 is 9.30 Å². The third kappa shape index (κ3) is 3.94. The van der Waals surface area contributed by atoms with Crippen molar-refractivity contribution in [2.24, 2.45) is 0 Å². The van der Waals surface area contributed by atoms with Crippen LogP contribution in [0.1, 0.15) is 2.74 Å². The van der Waals surface area contributed by atoms with E-state index in [4.69, 9.17) is 7.48 Å². The molecule has 0 fully saturated rings. The molecule has 0 radical (unpaired) electrons. The van der Waals surface area contributed by atoms with Gasteiger partial charge in [-0.1, -0.05) is 35.7 Å². The maximum Gasteiger partial charge on any atom is 2.00 e. The molecule has 3 aromatic heterocycles. The van der Waals surface area contributed by atoms with Crippen molar-refractivity contribution in [2.45, 2.75) is 0 Å². The number of benzene rings is 3. The molecule has 0 spiro atoms. The van der Waals surface area contributed by atoms with Gasteiger partial charge in [-0.05, 0) is 35.1 Å². The van der Waals surface area contributed by atoms with Crippen LogP contribution in [0.2, 0.25) is 0 Å². The van der Waals surface area contributed by atoms with Crippen LogP contribution in [0.5, 0.6) is 11.6 Å². The van der Waals surface area contributed by atoms with Gasteiger partial charge in [-0.3, -0.25) is 0 Å². The van der Waals surface area contributed by atoms with E-state index >= 15 is 0 Å². The van der Waals surface area contributed by atoms with Crippen LogP contribution in [-0.2, 0) is 21.1 Å². The largest absolute Gasteiger partial charge is 2.00 e. The van der Waals surface area contributed by atoms with Crippen LogP contribution in [0.25, 0.3) is 38.8 Å². The summed E-state index contributed by atoms with van der Waals surface area (Å²) in [6.45, 7) is 0. The molecule has 33 heavy (non-hydrogen) atoms. The molecule has 0 saturated carbocycles. The Bertz CT molecular complexity index is 1670. The zero-order chi connectivity index (χ0) is 23.1. The number of nitrogens with zero attached hydrogens (tertiary/aromatic N) is 3. The molecule has 6 aromatic rings. The van der Waals surface area contributed by atoms with E-state index < -0.39 is 0 Å². The molecule has 6 rings (SSSR count). The van der Waals surface area contributed by atoms with E-state index in [1.54, 1.807) is 12.3 Å². The van der Waals surface area contributed by atoms with Crippen molar-refractivity contribution in [3.8, 4) is 28.6 Å². The van der Waals surface area contributed by atoms with Crippen LogP contribution >= 0.6 is 0 Å². The Morgan fingerprint density at radius 1 is 0.758 bits per heavy atom. The zero-order valence-electron chi connectivity index (χ0n) is 19.2. The molecule has 0 N–H and O–H groups in total. The zero-order valence-corrected chi connectivity index (χ0v) is 19.5. The predicted octanol–water partition coefficient (Wildman–Crippen LogP) is 6.63. The van der Waals surface area contributed by atoms with Crippen LogP contribution < -0.4 is 4.74 Å². The van der Waals surface area contributed by atoms with Gasteiger partial charge in [-0.2, -0.15) is 24.3 Å². The quantitative estimate of drug-likeness (QED) is 0.211. The maximum absolute atomic E-state index is 8.45. The van der Waals surface area contributed by atoms with Crippen LogP contribution in [0, 0.1) is 12.1 Å². The van der Waals surface area contributed by atoms with Gasteiger partial charge in [0.15, 0.2) is 0 Å². The number of hydrogen-bond acceptors (Lipinski definition) is 3. The summed E-state index contributed by atoms with van der Waals surface area (Å²) in [6.07, 6.45) is 3.14. The number of para-hydroxylation sites is 1. The van der Waals surface area contributed by atoms with Gasteiger partial charge in [0.2, 0.25) is 5.88 Å². The second-order valence-electron chi connectivity index (χ2n) is 7.22. The molecule has 0 saturated heterocycles. The fourth-order valence-electron chi connectivity index (χ4n) is 3.86. The van der Waals surface area contributed by atoms with E-state index in [9.17, 15) is 0 Å². The van der Waals surface area contributed by atoms with E-state index in [1.165, 1.54) is 12.3 Å². The first-order valence-electron chi connectivity index (χ1n) is 11.2. The minimum absolute atomic E-state index is 0. The fraction of sp³-hybridized carbons (Fsp3) is 0. The molecule has 0 amide bonds. The second kappa shape index (κ2) is 9.01. The van der Waals surface area contributed by atoms with Crippen molar-refractivity contribution in [1.29, 1.82) is 0 Å². The molecular formula is C28H17N3OPt. The molecule has 0 bridgehead atoms. The first-order valence-corrected chi connectivity index (χ1v) is 10.2. The van der Waals surface area contributed by atoms with E-state index in [-0.39, 0.29) is 33.2 Å². The van der Waals surface area contributed by atoms with Gasteiger partial charge in [-0.15, -0.1) is 18.2 Å². The van der Waals surface area contributed by atoms with Crippen LogP contribution in [-0.4, -0.2) is 14.5 Å². The summed E-state index contributed by atoms with van der Waals surface area (Å²) in [5.74, 6) is 1.53. The fourth-order valence-corrected chi connectivity index (χ4v) is 3.86. The first kappa shape index (κ1) is 18.8. The normalized spacial score (nSPS) is 11.6. The Balaban J connectivity index is 0.00000253. The van der Waals surface area contributed by atoms with Gasteiger partial charge in [-0.25, -0.2) is 21.1 Å². The summed E-state index contributed by atoms with van der Waals surface area (Å²) >= 11 is 0. The molecule has 0 aliphatic rings. The van der Waals surface area contributed by atoms with Crippen molar-refractivity contribution in [3.05, 3.63) is 115 Å². The third-order valence-corrected chi connectivity index (χ3v) is 5.25. The number of ether oxygens (including phenoxy) is 1. The Hall–Kier alpha value is -3.75. The van der Waals surface area contributed by atoms with Gasteiger partial charge in [0.1, 0.15) is 5.82 Å². The van der Waals surface area contributed by atoms with Gasteiger partial charge >= 0.3 is 21.1 Å². The smallest absolute Gasteiger partial charge is 0.460 e. The van der Waals surface area contributed by atoms with Crippen molar-refractivity contribution >= 4 is 21.8 Å². The molecule has 4 nitrogen and oxygen atoms in total.